The zero-order valence-corrected chi connectivity index (χ0v) is 18.3. The van der Waals surface area contributed by atoms with Gasteiger partial charge in [-0.15, -0.1) is 0 Å². The van der Waals surface area contributed by atoms with Crippen molar-refractivity contribution in [2.24, 2.45) is 0 Å². The zero-order valence-electron chi connectivity index (χ0n) is 17.5. The molecule has 1 heterocycles. The van der Waals surface area contributed by atoms with E-state index in [4.69, 9.17) is 14.2 Å². The fourth-order valence-corrected chi connectivity index (χ4v) is 3.66. The first-order chi connectivity index (χ1) is 15.4. The van der Waals surface area contributed by atoms with Crippen molar-refractivity contribution in [2.45, 2.75) is 13.8 Å². The minimum atomic E-state index is -0.653. The Balaban J connectivity index is 1.80. The summed E-state index contributed by atoms with van der Waals surface area (Å²) in [6.07, 6.45) is 1.52. The fourth-order valence-electron chi connectivity index (χ4n) is 2.82. The highest BCUT2D eigenvalue weighted by Crippen LogP contribution is 2.35. The van der Waals surface area contributed by atoms with Gasteiger partial charge in [-0.25, -0.2) is 4.79 Å². The van der Waals surface area contributed by atoms with Crippen molar-refractivity contribution in [3.63, 3.8) is 0 Å². The third-order valence-corrected chi connectivity index (χ3v) is 5.15. The lowest BCUT2D eigenvalue weighted by atomic mass is 10.1. The van der Waals surface area contributed by atoms with E-state index in [1.54, 1.807) is 62.4 Å². The Morgan fingerprint density at radius 2 is 1.75 bits per heavy atom. The van der Waals surface area contributed by atoms with Gasteiger partial charge in [0.1, 0.15) is 6.54 Å². The molecule has 9 heteroatoms. The number of rotatable bonds is 8. The van der Waals surface area contributed by atoms with Crippen LogP contribution in [0, 0.1) is 0 Å². The molecule has 0 aliphatic carbocycles. The van der Waals surface area contributed by atoms with Crippen LogP contribution in [-0.2, 0) is 14.3 Å². The van der Waals surface area contributed by atoms with Crippen LogP contribution < -0.4 is 9.47 Å². The highest BCUT2D eigenvalue weighted by molar-refractivity contribution is 8.18. The van der Waals surface area contributed by atoms with E-state index in [9.17, 15) is 19.2 Å². The molecule has 2 aromatic carbocycles. The van der Waals surface area contributed by atoms with Crippen LogP contribution in [0.1, 0.15) is 29.8 Å². The highest BCUT2D eigenvalue weighted by Gasteiger charge is 2.36. The van der Waals surface area contributed by atoms with Crippen molar-refractivity contribution in [1.29, 1.82) is 0 Å². The van der Waals surface area contributed by atoms with Gasteiger partial charge in [0.25, 0.3) is 11.1 Å². The quantitative estimate of drug-likeness (QED) is 0.336. The number of ether oxygens (including phenoxy) is 3. The van der Waals surface area contributed by atoms with E-state index >= 15 is 0 Å². The van der Waals surface area contributed by atoms with Crippen LogP contribution >= 0.6 is 11.8 Å². The standard InChI is InChI=1S/C23H21NO7S/c1-3-29-18-12-15(10-11-17(18)31-22(27)16-8-6-5-7-9-16)13-19-21(26)24(23(28)32-19)14-20(25)30-4-2/h5-13H,3-4,14H2,1-2H3/b19-13-. The summed E-state index contributed by atoms with van der Waals surface area (Å²) in [6, 6.07) is 13.3. The molecule has 0 N–H and O–H groups in total. The van der Waals surface area contributed by atoms with E-state index in [0.717, 1.165) is 16.7 Å². The molecule has 0 radical (unpaired) electrons. The van der Waals surface area contributed by atoms with E-state index in [1.165, 1.54) is 6.08 Å². The van der Waals surface area contributed by atoms with Gasteiger partial charge in [-0.1, -0.05) is 24.3 Å². The molecule has 1 fully saturated rings. The van der Waals surface area contributed by atoms with Crippen LogP contribution in [0.3, 0.4) is 0 Å². The maximum Gasteiger partial charge on any atom is 0.343 e. The summed E-state index contributed by atoms with van der Waals surface area (Å²) in [5.74, 6) is -1.21. The summed E-state index contributed by atoms with van der Waals surface area (Å²) >= 11 is 0.733. The molecule has 1 saturated heterocycles. The Morgan fingerprint density at radius 3 is 2.44 bits per heavy atom. The molecule has 0 bridgehead atoms. The molecule has 0 atom stereocenters. The van der Waals surface area contributed by atoms with E-state index in [0.29, 0.717) is 23.5 Å². The third-order valence-electron chi connectivity index (χ3n) is 4.24. The number of hydrogen-bond acceptors (Lipinski definition) is 8. The molecule has 1 aliphatic rings. The lowest BCUT2D eigenvalue weighted by Crippen LogP contribution is -2.34. The number of imide groups is 1. The number of benzene rings is 2. The molecule has 0 spiro atoms. The van der Waals surface area contributed by atoms with E-state index in [2.05, 4.69) is 0 Å². The van der Waals surface area contributed by atoms with Gasteiger partial charge in [0, 0.05) is 0 Å². The van der Waals surface area contributed by atoms with E-state index < -0.39 is 29.6 Å². The van der Waals surface area contributed by atoms with Gasteiger partial charge in [-0.3, -0.25) is 19.3 Å². The second-order valence-corrected chi connectivity index (χ2v) is 7.46. The Labute approximate surface area is 189 Å². The summed E-state index contributed by atoms with van der Waals surface area (Å²) in [5, 5.41) is -0.548. The topological polar surface area (TPSA) is 99.2 Å². The first-order valence-electron chi connectivity index (χ1n) is 9.88. The predicted molar refractivity (Wildman–Crippen MR) is 118 cm³/mol. The van der Waals surface area contributed by atoms with Gasteiger partial charge in [-0.05, 0) is 61.5 Å². The maximum absolute atomic E-state index is 12.5. The number of esters is 2. The van der Waals surface area contributed by atoms with Gasteiger partial charge in [0.05, 0.1) is 23.7 Å². The number of thioether (sulfide) groups is 1. The van der Waals surface area contributed by atoms with Crippen molar-refractivity contribution >= 4 is 40.9 Å². The summed E-state index contributed by atoms with van der Waals surface area (Å²) < 4.78 is 15.9. The molecule has 2 amide bonds. The zero-order chi connectivity index (χ0) is 23.1. The van der Waals surface area contributed by atoms with Gasteiger partial charge in [0.2, 0.25) is 0 Å². The normalized spacial score (nSPS) is 14.6. The Hall–Kier alpha value is -3.59. The first kappa shape index (κ1) is 23.1. The molecule has 0 unspecified atom stereocenters. The molecule has 0 aromatic heterocycles. The van der Waals surface area contributed by atoms with Gasteiger partial charge in [0.15, 0.2) is 11.5 Å². The summed E-state index contributed by atoms with van der Waals surface area (Å²) in [5.41, 5.74) is 0.962. The Kier molecular flexibility index (Phi) is 7.67. The average molecular weight is 455 g/mol. The molecule has 8 nitrogen and oxygen atoms in total. The molecule has 3 rings (SSSR count). The van der Waals surface area contributed by atoms with Crippen LogP contribution in [-0.4, -0.2) is 47.7 Å². The van der Waals surface area contributed by atoms with Crippen LogP contribution in [0.2, 0.25) is 0 Å². The fraction of sp³-hybridized carbons (Fsp3) is 0.217. The van der Waals surface area contributed by atoms with Crippen LogP contribution in [0.4, 0.5) is 4.79 Å². The SMILES string of the molecule is CCOC(=O)CN1C(=O)S/C(=C\c2ccc(OC(=O)c3ccccc3)c(OCC)c2)C1=O. The van der Waals surface area contributed by atoms with Crippen LogP contribution in [0.25, 0.3) is 6.08 Å². The van der Waals surface area contributed by atoms with Crippen molar-refractivity contribution in [3.8, 4) is 11.5 Å². The minimum Gasteiger partial charge on any atom is -0.490 e. The summed E-state index contributed by atoms with van der Waals surface area (Å²) in [7, 11) is 0. The number of carbonyl (C=O) groups is 4. The molecular weight excluding hydrogens is 434 g/mol. The van der Waals surface area contributed by atoms with Gasteiger partial charge in [-0.2, -0.15) is 0 Å². The minimum absolute atomic E-state index is 0.159. The van der Waals surface area contributed by atoms with Gasteiger partial charge < -0.3 is 14.2 Å². The molecule has 0 saturated carbocycles. The van der Waals surface area contributed by atoms with Crippen molar-refractivity contribution in [2.75, 3.05) is 19.8 Å². The summed E-state index contributed by atoms with van der Waals surface area (Å²) in [4.78, 5) is 49.7. The molecular formula is C23H21NO7S. The third kappa shape index (κ3) is 5.55. The number of nitrogens with zero attached hydrogens (tertiary/aromatic N) is 1. The lowest BCUT2D eigenvalue weighted by molar-refractivity contribution is -0.145. The van der Waals surface area contributed by atoms with Crippen molar-refractivity contribution in [1.82, 2.24) is 4.90 Å². The Bertz CT molecular complexity index is 1070. The number of carbonyl (C=O) groups excluding carboxylic acids is 4. The molecule has 1 aliphatic heterocycles. The average Bonchev–Trinajstić information content (AvgIpc) is 3.03. The monoisotopic (exact) mass is 455 g/mol. The Morgan fingerprint density at radius 1 is 1.00 bits per heavy atom. The van der Waals surface area contributed by atoms with E-state index in [-0.39, 0.29) is 17.3 Å². The lowest BCUT2D eigenvalue weighted by Gasteiger charge is -2.12. The molecule has 2 aromatic rings. The maximum atomic E-state index is 12.5. The largest absolute Gasteiger partial charge is 0.490 e. The molecule has 166 valence electrons. The van der Waals surface area contributed by atoms with E-state index in [1.807, 2.05) is 0 Å². The molecule has 32 heavy (non-hydrogen) atoms. The van der Waals surface area contributed by atoms with Crippen molar-refractivity contribution < 1.29 is 33.4 Å². The predicted octanol–water partition coefficient (Wildman–Crippen LogP) is 3.90. The second-order valence-electron chi connectivity index (χ2n) is 6.47. The second kappa shape index (κ2) is 10.6. The smallest absolute Gasteiger partial charge is 0.343 e. The van der Waals surface area contributed by atoms with Crippen LogP contribution in [0.15, 0.2) is 53.4 Å². The highest BCUT2D eigenvalue weighted by atomic mass is 32.2. The van der Waals surface area contributed by atoms with Crippen LogP contribution in [0.5, 0.6) is 11.5 Å². The summed E-state index contributed by atoms with van der Waals surface area (Å²) in [6.45, 7) is 3.48. The first-order valence-corrected chi connectivity index (χ1v) is 10.7. The van der Waals surface area contributed by atoms with Gasteiger partial charge >= 0.3 is 11.9 Å². The number of hydrogen-bond donors (Lipinski definition) is 0. The number of amides is 2. The van der Waals surface area contributed by atoms with Crippen molar-refractivity contribution in [3.05, 3.63) is 64.6 Å².